The Morgan fingerprint density at radius 2 is 1.92 bits per heavy atom. The fourth-order valence-corrected chi connectivity index (χ4v) is 1.17. The maximum absolute atomic E-state index is 5.52. The number of aryl methyl sites for hydroxylation is 1. The summed E-state index contributed by atoms with van der Waals surface area (Å²) >= 11 is 0. The lowest BCUT2D eigenvalue weighted by Gasteiger charge is -2.08. The molecule has 0 bridgehead atoms. The first-order chi connectivity index (χ1) is 6.29. The average molecular weight is 181 g/mol. The van der Waals surface area contributed by atoms with Crippen molar-refractivity contribution in [2.45, 2.75) is 27.3 Å². The van der Waals surface area contributed by atoms with Crippen molar-refractivity contribution >= 4 is 0 Å². The van der Waals surface area contributed by atoms with Gasteiger partial charge in [0.05, 0.1) is 7.11 Å². The van der Waals surface area contributed by atoms with Gasteiger partial charge in [0.1, 0.15) is 5.75 Å². The van der Waals surface area contributed by atoms with E-state index in [4.69, 9.17) is 10.5 Å². The SMILES string of the molecule is CC.COc1c(C)cccc1CN. The van der Waals surface area contributed by atoms with Gasteiger partial charge in [-0.05, 0) is 12.5 Å². The van der Waals surface area contributed by atoms with Crippen molar-refractivity contribution in [3.05, 3.63) is 29.3 Å². The molecule has 2 heteroatoms. The Morgan fingerprint density at radius 3 is 2.31 bits per heavy atom. The summed E-state index contributed by atoms with van der Waals surface area (Å²) in [6, 6.07) is 5.98. The lowest BCUT2D eigenvalue weighted by molar-refractivity contribution is 0.406. The van der Waals surface area contributed by atoms with Crippen LogP contribution in [0.15, 0.2) is 18.2 Å². The summed E-state index contributed by atoms with van der Waals surface area (Å²) in [7, 11) is 1.67. The van der Waals surface area contributed by atoms with Crippen LogP contribution in [0.2, 0.25) is 0 Å². The highest BCUT2D eigenvalue weighted by Crippen LogP contribution is 2.21. The van der Waals surface area contributed by atoms with Gasteiger partial charge in [-0.3, -0.25) is 0 Å². The van der Waals surface area contributed by atoms with Crippen molar-refractivity contribution in [2.75, 3.05) is 7.11 Å². The second-order valence-corrected chi connectivity index (χ2v) is 2.47. The number of methoxy groups -OCH3 is 1. The highest BCUT2D eigenvalue weighted by atomic mass is 16.5. The summed E-state index contributed by atoms with van der Waals surface area (Å²) in [6.07, 6.45) is 0. The molecule has 0 atom stereocenters. The molecule has 1 aromatic carbocycles. The first-order valence-electron chi connectivity index (χ1n) is 4.62. The van der Waals surface area contributed by atoms with Crippen molar-refractivity contribution in [3.8, 4) is 5.75 Å². The van der Waals surface area contributed by atoms with Crippen LogP contribution in [-0.4, -0.2) is 7.11 Å². The quantitative estimate of drug-likeness (QED) is 0.760. The van der Waals surface area contributed by atoms with Gasteiger partial charge in [-0.2, -0.15) is 0 Å². The van der Waals surface area contributed by atoms with E-state index < -0.39 is 0 Å². The normalized spacial score (nSPS) is 8.69. The molecule has 0 radical (unpaired) electrons. The minimum Gasteiger partial charge on any atom is -0.496 e. The lowest BCUT2D eigenvalue weighted by Crippen LogP contribution is -2.00. The Labute approximate surface area is 80.7 Å². The minimum absolute atomic E-state index is 0.533. The van der Waals surface area contributed by atoms with E-state index in [1.165, 1.54) is 0 Å². The molecular formula is C11H19NO. The van der Waals surface area contributed by atoms with Crippen molar-refractivity contribution in [1.82, 2.24) is 0 Å². The van der Waals surface area contributed by atoms with E-state index in [1.54, 1.807) is 7.11 Å². The number of hydrogen-bond donors (Lipinski definition) is 1. The largest absolute Gasteiger partial charge is 0.496 e. The molecule has 2 nitrogen and oxygen atoms in total. The molecule has 0 unspecified atom stereocenters. The fraction of sp³-hybridized carbons (Fsp3) is 0.455. The van der Waals surface area contributed by atoms with Gasteiger partial charge < -0.3 is 10.5 Å². The second kappa shape index (κ2) is 6.49. The average Bonchev–Trinajstić information content (AvgIpc) is 2.20. The molecule has 0 amide bonds. The fourth-order valence-electron chi connectivity index (χ4n) is 1.17. The summed E-state index contributed by atoms with van der Waals surface area (Å²) < 4.78 is 5.19. The molecule has 0 fully saturated rings. The molecule has 0 spiro atoms. The topological polar surface area (TPSA) is 35.2 Å². The van der Waals surface area contributed by atoms with Crippen molar-refractivity contribution < 1.29 is 4.74 Å². The van der Waals surface area contributed by atoms with Crippen molar-refractivity contribution in [3.63, 3.8) is 0 Å². The molecule has 1 aromatic rings. The summed E-state index contributed by atoms with van der Waals surface area (Å²) in [6.45, 7) is 6.54. The Bertz CT molecular complexity index is 246. The monoisotopic (exact) mass is 181 g/mol. The number of nitrogens with two attached hydrogens (primary N) is 1. The third-order valence-electron chi connectivity index (χ3n) is 1.72. The Balaban J connectivity index is 0.000000671. The lowest BCUT2D eigenvalue weighted by atomic mass is 10.1. The van der Waals surface area contributed by atoms with Crippen LogP contribution in [0.4, 0.5) is 0 Å². The van der Waals surface area contributed by atoms with Crippen LogP contribution >= 0.6 is 0 Å². The maximum atomic E-state index is 5.52. The smallest absolute Gasteiger partial charge is 0.126 e. The van der Waals surface area contributed by atoms with E-state index in [9.17, 15) is 0 Å². The molecule has 0 aromatic heterocycles. The van der Waals surface area contributed by atoms with Crippen LogP contribution in [0.1, 0.15) is 25.0 Å². The number of benzene rings is 1. The summed E-state index contributed by atoms with van der Waals surface area (Å²) in [5, 5.41) is 0. The Kier molecular flexibility index (Phi) is 5.98. The van der Waals surface area contributed by atoms with Crippen LogP contribution in [0, 0.1) is 6.92 Å². The number of para-hydroxylation sites is 1. The van der Waals surface area contributed by atoms with Gasteiger partial charge in [0.15, 0.2) is 0 Å². The predicted octanol–water partition coefficient (Wildman–Crippen LogP) is 2.49. The molecule has 0 saturated carbocycles. The van der Waals surface area contributed by atoms with Gasteiger partial charge in [-0.15, -0.1) is 0 Å². The summed E-state index contributed by atoms with van der Waals surface area (Å²) in [4.78, 5) is 0. The zero-order valence-electron chi connectivity index (χ0n) is 8.92. The van der Waals surface area contributed by atoms with Crippen LogP contribution in [0.5, 0.6) is 5.75 Å². The van der Waals surface area contributed by atoms with Gasteiger partial charge in [0, 0.05) is 12.1 Å². The maximum Gasteiger partial charge on any atom is 0.126 e. The molecule has 0 aliphatic rings. The van der Waals surface area contributed by atoms with Gasteiger partial charge in [0.25, 0.3) is 0 Å². The van der Waals surface area contributed by atoms with E-state index in [1.807, 2.05) is 39.0 Å². The van der Waals surface area contributed by atoms with Gasteiger partial charge in [0.2, 0.25) is 0 Å². The molecule has 1 rings (SSSR count). The zero-order chi connectivity index (χ0) is 10.3. The molecule has 13 heavy (non-hydrogen) atoms. The Morgan fingerprint density at radius 1 is 1.31 bits per heavy atom. The van der Waals surface area contributed by atoms with Crippen LogP contribution < -0.4 is 10.5 Å². The number of hydrogen-bond acceptors (Lipinski definition) is 2. The van der Waals surface area contributed by atoms with E-state index >= 15 is 0 Å². The van der Waals surface area contributed by atoms with E-state index in [0.717, 1.165) is 16.9 Å². The van der Waals surface area contributed by atoms with E-state index in [2.05, 4.69) is 0 Å². The van der Waals surface area contributed by atoms with Crippen molar-refractivity contribution in [2.24, 2.45) is 5.73 Å². The molecule has 0 aliphatic carbocycles. The second-order valence-electron chi connectivity index (χ2n) is 2.47. The molecule has 0 aliphatic heterocycles. The number of rotatable bonds is 2. The van der Waals surface area contributed by atoms with Gasteiger partial charge in [-0.25, -0.2) is 0 Å². The highest BCUT2D eigenvalue weighted by Gasteiger charge is 2.01. The van der Waals surface area contributed by atoms with Crippen molar-refractivity contribution in [1.29, 1.82) is 0 Å². The van der Waals surface area contributed by atoms with E-state index in [0.29, 0.717) is 6.54 Å². The van der Waals surface area contributed by atoms with Gasteiger partial charge >= 0.3 is 0 Å². The number of ether oxygens (including phenoxy) is 1. The predicted molar refractivity (Wildman–Crippen MR) is 57.0 cm³/mol. The molecular weight excluding hydrogens is 162 g/mol. The highest BCUT2D eigenvalue weighted by molar-refractivity contribution is 5.40. The van der Waals surface area contributed by atoms with E-state index in [-0.39, 0.29) is 0 Å². The molecule has 0 heterocycles. The molecule has 74 valence electrons. The third-order valence-corrected chi connectivity index (χ3v) is 1.72. The standard InChI is InChI=1S/C9H13NO.C2H6/c1-7-4-3-5-8(6-10)9(7)11-2;1-2/h3-5H,6,10H2,1-2H3;1-2H3. The zero-order valence-corrected chi connectivity index (χ0v) is 8.92. The Hall–Kier alpha value is -1.02. The first kappa shape index (κ1) is 12.0. The van der Waals surface area contributed by atoms with Gasteiger partial charge in [-0.1, -0.05) is 32.0 Å². The summed E-state index contributed by atoms with van der Waals surface area (Å²) in [5.74, 6) is 0.912. The van der Waals surface area contributed by atoms with Crippen LogP contribution in [0.3, 0.4) is 0 Å². The third kappa shape index (κ3) is 3.07. The molecule has 2 N–H and O–H groups in total. The first-order valence-corrected chi connectivity index (χ1v) is 4.62. The minimum atomic E-state index is 0.533. The van der Waals surface area contributed by atoms with Crippen LogP contribution in [0.25, 0.3) is 0 Å². The molecule has 0 saturated heterocycles. The van der Waals surface area contributed by atoms with Crippen LogP contribution in [-0.2, 0) is 6.54 Å². The summed E-state index contributed by atoms with van der Waals surface area (Å²) in [5.41, 5.74) is 7.71.